The van der Waals surface area contributed by atoms with Gasteiger partial charge in [-0.1, -0.05) is 0 Å². The van der Waals surface area contributed by atoms with E-state index >= 15 is 0 Å². The number of alkyl halides is 3. The number of morpholine rings is 1. The number of rotatable bonds is 2. The average Bonchev–Trinajstić information content (AvgIpc) is 2.03. The van der Waals surface area contributed by atoms with Gasteiger partial charge in [-0.05, 0) is 0 Å². The minimum absolute atomic E-state index is 0.241. The molecule has 1 aliphatic heterocycles. The van der Waals surface area contributed by atoms with Crippen LogP contribution in [0.1, 0.15) is 6.92 Å². The van der Waals surface area contributed by atoms with E-state index in [0.29, 0.717) is 20.1 Å². The van der Waals surface area contributed by atoms with Crippen LogP contribution in [-0.4, -0.2) is 43.4 Å². The van der Waals surface area contributed by atoms with Crippen molar-refractivity contribution < 1.29 is 17.9 Å². The highest BCUT2D eigenvalue weighted by Crippen LogP contribution is 2.23. The van der Waals surface area contributed by atoms with Crippen molar-refractivity contribution in [3.63, 3.8) is 0 Å². The Morgan fingerprint density at radius 2 is 1.83 bits per heavy atom. The van der Waals surface area contributed by atoms with E-state index in [1.165, 1.54) is 0 Å². The van der Waals surface area contributed by atoms with Gasteiger partial charge in [-0.2, -0.15) is 0 Å². The second-order valence-corrected chi connectivity index (χ2v) is 2.94. The molecule has 1 rings (SSSR count). The zero-order chi connectivity index (χ0) is 9.19. The number of halogens is 3. The first-order chi connectivity index (χ1) is 5.52. The highest BCUT2D eigenvalue weighted by atomic mass is 19.3. The summed E-state index contributed by atoms with van der Waals surface area (Å²) in [6.07, 6.45) is -2.18. The van der Waals surface area contributed by atoms with Crippen LogP contribution >= 0.6 is 0 Å². The molecule has 0 bridgehead atoms. The summed E-state index contributed by atoms with van der Waals surface area (Å²) < 4.78 is 42.7. The average molecular weight is 183 g/mol. The lowest BCUT2D eigenvalue weighted by Gasteiger charge is -2.32. The molecule has 0 N–H and O–H groups in total. The smallest absolute Gasteiger partial charge is 0.289 e. The Hall–Kier alpha value is -0.290. The second-order valence-electron chi connectivity index (χ2n) is 2.94. The molecule has 72 valence electrons. The van der Waals surface area contributed by atoms with Crippen LogP contribution in [-0.2, 0) is 4.74 Å². The monoisotopic (exact) mass is 183 g/mol. The molecule has 0 spiro atoms. The molecular weight excluding hydrogens is 171 g/mol. The molecule has 1 unspecified atom stereocenters. The van der Waals surface area contributed by atoms with Crippen LogP contribution in [0.2, 0.25) is 0 Å². The summed E-state index contributed by atoms with van der Waals surface area (Å²) >= 11 is 0. The minimum atomic E-state index is -3.28. The molecule has 5 heteroatoms. The molecule has 2 nitrogen and oxygen atoms in total. The summed E-state index contributed by atoms with van der Waals surface area (Å²) in [6.45, 7) is 1.73. The van der Waals surface area contributed by atoms with Gasteiger partial charge in [-0.25, -0.2) is 13.2 Å². The van der Waals surface area contributed by atoms with Gasteiger partial charge in [0, 0.05) is 20.0 Å². The van der Waals surface area contributed by atoms with Crippen molar-refractivity contribution in [1.29, 1.82) is 0 Å². The molecular formula is C7H12F3NO. The van der Waals surface area contributed by atoms with Gasteiger partial charge in [0.1, 0.15) is 0 Å². The first-order valence-electron chi connectivity index (χ1n) is 3.85. The Bertz CT molecular complexity index is 142. The number of hydrogen-bond acceptors (Lipinski definition) is 2. The van der Waals surface area contributed by atoms with Crippen LogP contribution in [0.4, 0.5) is 13.2 Å². The van der Waals surface area contributed by atoms with Crippen LogP contribution in [0.15, 0.2) is 0 Å². The van der Waals surface area contributed by atoms with Crippen molar-refractivity contribution in [3.8, 4) is 0 Å². The van der Waals surface area contributed by atoms with Crippen molar-refractivity contribution in [1.82, 2.24) is 4.90 Å². The Balaban J connectivity index is 2.45. The maximum atomic E-state index is 12.9. The number of hydrogen-bond donors (Lipinski definition) is 0. The summed E-state index contributed by atoms with van der Waals surface area (Å²) in [5.74, 6) is -3.28. The first-order valence-corrected chi connectivity index (χ1v) is 3.85. The number of ether oxygens (including phenoxy) is 1. The zero-order valence-corrected chi connectivity index (χ0v) is 6.90. The van der Waals surface area contributed by atoms with Crippen molar-refractivity contribution in [2.75, 3.05) is 26.3 Å². The SMILES string of the molecule is CC(F)(F)C(F)N1CCOCC1. The lowest BCUT2D eigenvalue weighted by atomic mass is 10.3. The molecule has 0 aromatic rings. The topological polar surface area (TPSA) is 12.5 Å². The van der Waals surface area contributed by atoms with E-state index in [1.54, 1.807) is 0 Å². The largest absolute Gasteiger partial charge is 0.379 e. The lowest BCUT2D eigenvalue weighted by Crippen LogP contribution is -2.48. The molecule has 1 saturated heterocycles. The van der Waals surface area contributed by atoms with Gasteiger partial charge in [0.2, 0.25) is 6.30 Å². The molecule has 1 heterocycles. The van der Waals surface area contributed by atoms with E-state index < -0.39 is 12.2 Å². The molecule has 1 aliphatic rings. The molecule has 1 atom stereocenters. The predicted molar refractivity (Wildman–Crippen MR) is 37.9 cm³/mol. The summed E-state index contributed by atoms with van der Waals surface area (Å²) in [4.78, 5) is 1.10. The lowest BCUT2D eigenvalue weighted by molar-refractivity contribution is -0.143. The van der Waals surface area contributed by atoms with Crippen LogP contribution in [0.3, 0.4) is 0 Å². The van der Waals surface area contributed by atoms with E-state index in [0.717, 1.165) is 4.90 Å². The molecule has 0 saturated carbocycles. The van der Waals surface area contributed by atoms with Crippen molar-refractivity contribution >= 4 is 0 Å². The van der Waals surface area contributed by atoms with Gasteiger partial charge in [0.15, 0.2) is 0 Å². The predicted octanol–water partition coefficient (Wildman–Crippen LogP) is 1.27. The van der Waals surface area contributed by atoms with E-state index in [9.17, 15) is 13.2 Å². The zero-order valence-electron chi connectivity index (χ0n) is 6.90. The van der Waals surface area contributed by atoms with Gasteiger partial charge in [-0.3, -0.25) is 4.90 Å². The Kier molecular flexibility index (Phi) is 2.95. The summed E-state index contributed by atoms with van der Waals surface area (Å²) in [7, 11) is 0. The van der Waals surface area contributed by atoms with E-state index in [1.807, 2.05) is 0 Å². The molecule has 0 amide bonds. The van der Waals surface area contributed by atoms with Gasteiger partial charge in [0.25, 0.3) is 5.92 Å². The van der Waals surface area contributed by atoms with Crippen molar-refractivity contribution in [3.05, 3.63) is 0 Å². The van der Waals surface area contributed by atoms with Crippen LogP contribution < -0.4 is 0 Å². The third kappa shape index (κ3) is 2.35. The van der Waals surface area contributed by atoms with Crippen LogP contribution in [0.5, 0.6) is 0 Å². The Labute approximate surface area is 69.3 Å². The standard InChI is InChI=1S/C7H12F3NO/c1-7(9,10)6(8)11-2-4-12-5-3-11/h6H,2-5H2,1H3. The van der Waals surface area contributed by atoms with Gasteiger partial charge >= 0.3 is 0 Å². The Morgan fingerprint density at radius 1 is 1.33 bits per heavy atom. The fourth-order valence-corrected chi connectivity index (χ4v) is 1.12. The highest BCUT2D eigenvalue weighted by Gasteiger charge is 2.39. The third-order valence-electron chi connectivity index (χ3n) is 1.78. The molecule has 0 aromatic carbocycles. The van der Waals surface area contributed by atoms with Gasteiger partial charge in [-0.15, -0.1) is 0 Å². The van der Waals surface area contributed by atoms with E-state index in [-0.39, 0.29) is 13.1 Å². The quantitative estimate of drug-likeness (QED) is 0.598. The van der Waals surface area contributed by atoms with Gasteiger partial charge in [0.05, 0.1) is 13.2 Å². The third-order valence-corrected chi connectivity index (χ3v) is 1.78. The maximum Gasteiger partial charge on any atom is 0.289 e. The minimum Gasteiger partial charge on any atom is -0.379 e. The second kappa shape index (κ2) is 3.62. The number of nitrogens with zero attached hydrogens (tertiary/aromatic N) is 1. The Morgan fingerprint density at radius 3 is 2.25 bits per heavy atom. The van der Waals surface area contributed by atoms with E-state index in [2.05, 4.69) is 0 Å². The molecule has 12 heavy (non-hydrogen) atoms. The summed E-state index contributed by atoms with van der Waals surface area (Å²) in [6, 6.07) is 0. The summed E-state index contributed by atoms with van der Waals surface area (Å²) in [5.41, 5.74) is 0. The first kappa shape index (κ1) is 9.80. The normalized spacial score (nSPS) is 24.0. The van der Waals surface area contributed by atoms with E-state index in [4.69, 9.17) is 4.74 Å². The molecule has 1 fully saturated rings. The fraction of sp³-hybridized carbons (Fsp3) is 1.00. The van der Waals surface area contributed by atoms with Gasteiger partial charge < -0.3 is 4.74 Å². The van der Waals surface area contributed by atoms with Crippen molar-refractivity contribution in [2.24, 2.45) is 0 Å². The highest BCUT2D eigenvalue weighted by molar-refractivity contribution is 4.74. The molecule has 0 radical (unpaired) electrons. The summed E-state index contributed by atoms with van der Waals surface area (Å²) in [5, 5.41) is 0. The molecule has 0 aromatic heterocycles. The fourth-order valence-electron chi connectivity index (χ4n) is 1.12. The van der Waals surface area contributed by atoms with Crippen LogP contribution in [0, 0.1) is 0 Å². The maximum absolute atomic E-state index is 12.9. The van der Waals surface area contributed by atoms with Crippen LogP contribution in [0.25, 0.3) is 0 Å². The van der Waals surface area contributed by atoms with Crippen molar-refractivity contribution in [2.45, 2.75) is 19.1 Å². The molecule has 0 aliphatic carbocycles.